The van der Waals surface area contributed by atoms with Crippen molar-refractivity contribution in [3.63, 3.8) is 0 Å². The predicted molar refractivity (Wildman–Crippen MR) is 93.0 cm³/mol. The van der Waals surface area contributed by atoms with Crippen LogP contribution in [0.1, 0.15) is 12.7 Å². The first-order chi connectivity index (χ1) is 11.8. The number of carbonyl (C=O) groups excluding carboxylic acids is 1. The molecule has 1 amide bonds. The smallest absolute Gasteiger partial charge is 0.247 e. The predicted octanol–water partition coefficient (Wildman–Crippen LogP) is 2.27. The number of halogens is 1. The van der Waals surface area contributed by atoms with Crippen molar-refractivity contribution in [2.24, 2.45) is 0 Å². The van der Waals surface area contributed by atoms with E-state index < -0.39 is 15.9 Å². The Morgan fingerprint density at radius 1 is 1.36 bits per heavy atom. The van der Waals surface area contributed by atoms with Crippen LogP contribution in [0.15, 0.2) is 45.9 Å². The third-order valence-corrected chi connectivity index (χ3v) is 5.36. The van der Waals surface area contributed by atoms with Gasteiger partial charge in [0, 0.05) is 12.1 Å². The molecule has 7 nitrogen and oxygen atoms in total. The summed E-state index contributed by atoms with van der Waals surface area (Å²) in [5, 5.41) is 2.86. The average molecular weight is 387 g/mol. The maximum atomic E-state index is 12.7. The molecule has 0 unspecified atom stereocenters. The van der Waals surface area contributed by atoms with E-state index in [9.17, 15) is 13.2 Å². The molecule has 0 aliphatic rings. The number of nitrogens with one attached hydrogen (secondary N) is 1. The Labute approximate surface area is 151 Å². The third kappa shape index (κ3) is 4.97. The maximum Gasteiger partial charge on any atom is 0.247 e. The van der Waals surface area contributed by atoms with Crippen LogP contribution in [0.5, 0.6) is 5.75 Å². The molecule has 9 heteroatoms. The molecule has 1 heterocycles. The van der Waals surface area contributed by atoms with Gasteiger partial charge in [0.1, 0.15) is 16.4 Å². The highest BCUT2D eigenvalue weighted by Crippen LogP contribution is 2.29. The van der Waals surface area contributed by atoms with Crippen LogP contribution in [0.25, 0.3) is 0 Å². The summed E-state index contributed by atoms with van der Waals surface area (Å²) in [5.41, 5.74) is 0. The van der Waals surface area contributed by atoms with Gasteiger partial charge in [0.2, 0.25) is 15.9 Å². The van der Waals surface area contributed by atoms with E-state index in [1.54, 1.807) is 25.1 Å². The summed E-state index contributed by atoms with van der Waals surface area (Å²) in [6, 6.07) is 7.75. The minimum atomic E-state index is -3.94. The molecule has 0 aliphatic heterocycles. The lowest BCUT2D eigenvalue weighted by molar-refractivity contribution is -0.121. The summed E-state index contributed by atoms with van der Waals surface area (Å²) in [6.45, 7) is 1.89. The number of nitrogens with zero attached hydrogens (tertiary/aromatic N) is 1. The molecular formula is C16H19ClN2O5S. The molecule has 0 aliphatic carbocycles. The summed E-state index contributed by atoms with van der Waals surface area (Å²) in [6.07, 6.45) is 1.49. The van der Waals surface area contributed by atoms with E-state index in [4.69, 9.17) is 20.8 Å². The minimum Gasteiger partial charge on any atom is -0.492 e. The van der Waals surface area contributed by atoms with Gasteiger partial charge in [0.25, 0.3) is 0 Å². The highest BCUT2D eigenvalue weighted by atomic mass is 35.5. The molecule has 0 spiro atoms. The number of amides is 1. The van der Waals surface area contributed by atoms with E-state index in [-0.39, 0.29) is 28.8 Å². The first-order valence-electron chi connectivity index (χ1n) is 7.52. The normalized spacial score (nSPS) is 11.5. The van der Waals surface area contributed by atoms with Crippen molar-refractivity contribution >= 4 is 27.5 Å². The van der Waals surface area contributed by atoms with Gasteiger partial charge in [0.15, 0.2) is 0 Å². The quantitative estimate of drug-likeness (QED) is 0.751. The maximum absolute atomic E-state index is 12.7. The first-order valence-corrected chi connectivity index (χ1v) is 9.34. The van der Waals surface area contributed by atoms with Crippen molar-refractivity contribution < 1.29 is 22.4 Å². The number of hydrogen-bond donors (Lipinski definition) is 1. The highest BCUT2D eigenvalue weighted by molar-refractivity contribution is 7.89. The molecular weight excluding hydrogens is 368 g/mol. The van der Waals surface area contributed by atoms with E-state index in [1.165, 1.54) is 25.4 Å². The molecule has 0 fully saturated rings. The van der Waals surface area contributed by atoms with Gasteiger partial charge in [0.05, 0.1) is 26.0 Å². The van der Waals surface area contributed by atoms with Gasteiger partial charge in [-0.1, -0.05) is 11.6 Å². The van der Waals surface area contributed by atoms with E-state index in [0.29, 0.717) is 12.4 Å². The molecule has 2 aromatic rings. The van der Waals surface area contributed by atoms with Crippen molar-refractivity contribution in [3.8, 4) is 5.75 Å². The number of hydrogen-bond acceptors (Lipinski definition) is 5. The highest BCUT2D eigenvalue weighted by Gasteiger charge is 2.27. The lowest BCUT2D eigenvalue weighted by Gasteiger charge is -2.19. The van der Waals surface area contributed by atoms with Crippen LogP contribution in [0.2, 0.25) is 5.02 Å². The zero-order valence-corrected chi connectivity index (χ0v) is 15.4. The van der Waals surface area contributed by atoms with Gasteiger partial charge in [-0.3, -0.25) is 4.79 Å². The molecule has 2 rings (SSSR count). The largest absolute Gasteiger partial charge is 0.492 e. The summed E-state index contributed by atoms with van der Waals surface area (Å²) in [7, 11) is -2.62. The van der Waals surface area contributed by atoms with Gasteiger partial charge in [-0.2, -0.15) is 4.31 Å². The summed E-state index contributed by atoms with van der Waals surface area (Å²) >= 11 is 5.91. The van der Waals surface area contributed by atoms with Gasteiger partial charge in [-0.25, -0.2) is 8.42 Å². The zero-order valence-electron chi connectivity index (χ0n) is 13.9. The summed E-state index contributed by atoms with van der Waals surface area (Å²) in [4.78, 5) is 11.9. The van der Waals surface area contributed by atoms with Gasteiger partial charge in [-0.05, 0) is 37.3 Å². The van der Waals surface area contributed by atoms with E-state index >= 15 is 0 Å². The number of rotatable bonds is 8. The average Bonchev–Trinajstić information content (AvgIpc) is 3.08. The number of benzene rings is 1. The number of sulfonamides is 1. The van der Waals surface area contributed by atoms with Crippen molar-refractivity contribution in [2.45, 2.75) is 18.4 Å². The zero-order chi connectivity index (χ0) is 18.4. The fraction of sp³-hybridized carbons (Fsp3) is 0.312. The van der Waals surface area contributed by atoms with Crippen molar-refractivity contribution in [1.82, 2.24) is 9.62 Å². The first kappa shape index (κ1) is 19.3. The van der Waals surface area contributed by atoms with Crippen molar-refractivity contribution in [1.29, 1.82) is 0 Å². The van der Waals surface area contributed by atoms with Crippen LogP contribution < -0.4 is 10.1 Å². The second-order valence-corrected chi connectivity index (χ2v) is 7.59. The SMILES string of the molecule is CCOc1ccc(Cl)cc1S(=O)(=O)N(C)CC(=O)NCc1ccco1. The second kappa shape index (κ2) is 8.37. The van der Waals surface area contributed by atoms with E-state index in [0.717, 1.165) is 4.31 Å². The lowest BCUT2D eigenvalue weighted by atomic mass is 10.3. The van der Waals surface area contributed by atoms with Crippen LogP contribution in [0, 0.1) is 0 Å². The Morgan fingerprint density at radius 3 is 2.76 bits per heavy atom. The molecule has 0 saturated carbocycles. The van der Waals surface area contributed by atoms with Gasteiger partial charge >= 0.3 is 0 Å². The molecule has 0 saturated heterocycles. The number of furan rings is 1. The van der Waals surface area contributed by atoms with E-state index in [2.05, 4.69) is 5.32 Å². The van der Waals surface area contributed by atoms with Crippen LogP contribution in [0.3, 0.4) is 0 Å². The fourth-order valence-corrected chi connectivity index (χ4v) is 3.59. The molecule has 25 heavy (non-hydrogen) atoms. The minimum absolute atomic E-state index is 0.0804. The van der Waals surface area contributed by atoms with Crippen LogP contribution in [-0.2, 0) is 21.4 Å². The number of carbonyl (C=O) groups is 1. The lowest BCUT2D eigenvalue weighted by Crippen LogP contribution is -2.38. The van der Waals surface area contributed by atoms with Crippen LogP contribution in [-0.4, -0.2) is 38.8 Å². The standard InChI is InChI=1S/C16H19ClN2O5S/c1-3-23-14-7-6-12(17)9-15(14)25(21,22)19(2)11-16(20)18-10-13-5-4-8-24-13/h4-9H,3,10-11H2,1-2H3,(H,18,20). The molecule has 0 radical (unpaired) electrons. The Kier molecular flexibility index (Phi) is 6.46. The third-order valence-electron chi connectivity index (χ3n) is 3.30. The fourth-order valence-electron chi connectivity index (χ4n) is 2.07. The number of likely N-dealkylation sites (N-methyl/N-ethyl adjacent to an activating group) is 1. The molecule has 136 valence electrons. The molecule has 1 N–H and O–H groups in total. The summed E-state index contributed by atoms with van der Waals surface area (Å²) in [5.74, 6) is 0.310. The summed E-state index contributed by atoms with van der Waals surface area (Å²) < 4.78 is 36.9. The number of ether oxygens (including phenoxy) is 1. The Morgan fingerprint density at radius 2 is 2.12 bits per heavy atom. The Bertz CT molecular complexity index is 821. The van der Waals surface area contributed by atoms with Crippen LogP contribution in [0.4, 0.5) is 0 Å². The van der Waals surface area contributed by atoms with Gasteiger partial charge in [-0.15, -0.1) is 0 Å². The van der Waals surface area contributed by atoms with Crippen LogP contribution >= 0.6 is 11.6 Å². The monoisotopic (exact) mass is 386 g/mol. The Hall–Kier alpha value is -2.03. The van der Waals surface area contributed by atoms with Crippen molar-refractivity contribution in [3.05, 3.63) is 47.4 Å². The van der Waals surface area contributed by atoms with Gasteiger partial charge < -0.3 is 14.5 Å². The Balaban J connectivity index is 2.10. The molecule has 0 atom stereocenters. The topological polar surface area (TPSA) is 88.9 Å². The molecule has 1 aromatic heterocycles. The molecule has 0 bridgehead atoms. The second-order valence-electron chi connectivity index (χ2n) is 5.14. The van der Waals surface area contributed by atoms with E-state index in [1.807, 2.05) is 0 Å². The molecule has 1 aromatic carbocycles. The van der Waals surface area contributed by atoms with Crippen molar-refractivity contribution in [2.75, 3.05) is 20.2 Å².